The Morgan fingerprint density at radius 1 is 0.911 bits per heavy atom. The van der Waals surface area contributed by atoms with Crippen molar-refractivity contribution in [2.24, 2.45) is 0 Å². The van der Waals surface area contributed by atoms with Gasteiger partial charge in [0.05, 0.1) is 10.9 Å². The maximum absolute atomic E-state index is 13.4. The number of anilines is 2. The summed E-state index contributed by atoms with van der Waals surface area (Å²) in [6.45, 7) is 1.80. The Morgan fingerprint density at radius 2 is 1.64 bits per heavy atom. The second-order valence-corrected chi connectivity index (χ2v) is 13.3. The number of rotatable bonds is 10. The Labute approximate surface area is 282 Å². The molecule has 11 heteroatoms. The Hall–Kier alpha value is -4.22. The van der Waals surface area contributed by atoms with Crippen molar-refractivity contribution >= 4 is 85.2 Å². The molecule has 1 unspecified atom stereocenters. The maximum atomic E-state index is 13.4. The Balaban J connectivity index is 1.25. The van der Waals surface area contributed by atoms with Crippen LogP contribution in [0.2, 0.25) is 5.02 Å². The van der Waals surface area contributed by atoms with Gasteiger partial charge in [-0.1, -0.05) is 82.1 Å². The van der Waals surface area contributed by atoms with Crippen LogP contribution < -0.4 is 16.0 Å². The lowest BCUT2D eigenvalue weighted by Crippen LogP contribution is -2.30. The van der Waals surface area contributed by atoms with Gasteiger partial charge in [-0.15, -0.1) is 23.1 Å². The highest BCUT2D eigenvalue weighted by Crippen LogP contribution is 2.29. The molecule has 5 rings (SSSR count). The summed E-state index contributed by atoms with van der Waals surface area (Å²) in [6.07, 6.45) is 1.53. The van der Waals surface area contributed by atoms with Gasteiger partial charge in [0.15, 0.2) is 5.13 Å². The van der Waals surface area contributed by atoms with E-state index in [4.69, 9.17) is 11.6 Å². The third kappa shape index (κ3) is 8.92. The monoisotopic (exact) mass is 716 g/mol. The van der Waals surface area contributed by atoms with Crippen molar-refractivity contribution < 1.29 is 14.4 Å². The molecule has 3 N–H and O–H groups in total. The lowest BCUT2D eigenvalue weighted by molar-refractivity contribution is -0.115. The number of benzene rings is 4. The topological polar surface area (TPSA) is 100 Å². The number of amides is 3. The minimum atomic E-state index is -0.530. The fraction of sp³-hybridized carbons (Fsp3) is 0.0588. The number of nitrogens with one attached hydrogen (secondary N) is 3. The van der Waals surface area contributed by atoms with Gasteiger partial charge in [0, 0.05) is 36.6 Å². The van der Waals surface area contributed by atoms with Crippen LogP contribution in [0.15, 0.2) is 124 Å². The zero-order valence-electron chi connectivity index (χ0n) is 23.8. The van der Waals surface area contributed by atoms with E-state index in [-0.39, 0.29) is 11.6 Å². The molecule has 5 aromatic rings. The predicted octanol–water partition coefficient (Wildman–Crippen LogP) is 8.75. The Bertz CT molecular complexity index is 1860. The predicted molar refractivity (Wildman–Crippen MR) is 188 cm³/mol. The molecule has 3 amide bonds. The lowest BCUT2D eigenvalue weighted by atomic mass is 10.1. The summed E-state index contributed by atoms with van der Waals surface area (Å²) in [7, 11) is 0. The van der Waals surface area contributed by atoms with Crippen LogP contribution in [0.1, 0.15) is 22.8 Å². The van der Waals surface area contributed by atoms with Gasteiger partial charge in [-0.25, -0.2) is 4.98 Å². The van der Waals surface area contributed by atoms with Crippen LogP contribution in [-0.2, 0) is 9.59 Å². The van der Waals surface area contributed by atoms with Crippen LogP contribution in [0.3, 0.4) is 0 Å². The molecule has 0 saturated carbocycles. The van der Waals surface area contributed by atoms with Gasteiger partial charge in [0.2, 0.25) is 5.91 Å². The SMILES string of the molecule is CC(Sc1cccc(NC(=O)/C(=C\c2ccccc2Cl)NC(=O)c2ccccc2)c1)C(=O)Nc1nc(-c2ccc(Br)cc2)cs1. The number of carbonyl (C=O) groups excluding carboxylic acids is 3. The van der Waals surface area contributed by atoms with E-state index in [1.807, 2.05) is 35.7 Å². The maximum Gasteiger partial charge on any atom is 0.272 e. The van der Waals surface area contributed by atoms with Crippen LogP contribution in [0.5, 0.6) is 0 Å². The summed E-state index contributed by atoms with van der Waals surface area (Å²) >= 11 is 12.5. The molecular weight excluding hydrogens is 692 g/mol. The first kappa shape index (κ1) is 32.2. The number of thiazole rings is 1. The molecule has 1 atom stereocenters. The molecule has 1 aromatic heterocycles. The van der Waals surface area contributed by atoms with Crippen molar-refractivity contribution in [2.45, 2.75) is 17.1 Å². The third-order valence-corrected chi connectivity index (χ3v) is 9.11. The largest absolute Gasteiger partial charge is 0.321 e. The van der Waals surface area contributed by atoms with Crippen molar-refractivity contribution in [2.75, 3.05) is 10.6 Å². The van der Waals surface area contributed by atoms with E-state index in [1.54, 1.807) is 79.7 Å². The van der Waals surface area contributed by atoms with Crippen LogP contribution in [0.4, 0.5) is 10.8 Å². The summed E-state index contributed by atoms with van der Waals surface area (Å²) in [4.78, 5) is 44.7. The average molecular weight is 718 g/mol. The quantitative estimate of drug-likeness (QED) is 0.0991. The standard InChI is InChI=1S/C34H26BrClN4O3S2/c1-21(31(41)40-34-39-30(20-44-34)22-14-16-25(35)17-15-22)45-27-12-7-11-26(19-27)37-33(43)29(18-24-10-5-6-13-28(24)36)38-32(42)23-8-3-2-4-9-23/h2-21H,1H3,(H,37,43)(H,38,42)(H,39,40,41)/b29-18+. The minimum Gasteiger partial charge on any atom is -0.321 e. The smallest absolute Gasteiger partial charge is 0.272 e. The highest BCUT2D eigenvalue weighted by Gasteiger charge is 2.19. The summed E-state index contributed by atoms with van der Waals surface area (Å²) in [5, 5.41) is 10.9. The van der Waals surface area contributed by atoms with Crippen molar-refractivity contribution in [3.63, 3.8) is 0 Å². The van der Waals surface area contributed by atoms with Gasteiger partial charge in [-0.3, -0.25) is 14.4 Å². The van der Waals surface area contributed by atoms with Gasteiger partial charge in [0.25, 0.3) is 11.8 Å². The van der Waals surface area contributed by atoms with Gasteiger partial charge in [0.1, 0.15) is 5.70 Å². The highest BCUT2D eigenvalue weighted by molar-refractivity contribution is 9.10. The van der Waals surface area contributed by atoms with Crippen molar-refractivity contribution in [1.82, 2.24) is 10.3 Å². The number of carbonyl (C=O) groups is 3. The van der Waals surface area contributed by atoms with Crippen LogP contribution in [0.25, 0.3) is 17.3 Å². The molecule has 0 bridgehead atoms. The van der Waals surface area contributed by atoms with Crippen molar-refractivity contribution in [3.8, 4) is 11.3 Å². The summed E-state index contributed by atoms with van der Waals surface area (Å²) in [6, 6.07) is 30.6. The second-order valence-electron chi connectivity index (χ2n) is 9.68. The van der Waals surface area contributed by atoms with Gasteiger partial charge in [-0.05, 0) is 67.1 Å². The molecule has 0 aliphatic carbocycles. The van der Waals surface area contributed by atoms with E-state index < -0.39 is 17.1 Å². The summed E-state index contributed by atoms with van der Waals surface area (Å²) < 4.78 is 0.980. The van der Waals surface area contributed by atoms with Crippen LogP contribution in [0, 0.1) is 0 Å². The zero-order chi connectivity index (χ0) is 31.8. The highest BCUT2D eigenvalue weighted by atomic mass is 79.9. The number of halogens is 2. The first-order valence-electron chi connectivity index (χ1n) is 13.7. The molecule has 0 aliphatic heterocycles. The van der Waals surface area contributed by atoms with E-state index >= 15 is 0 Å². The summed E-state index contributed by atoms with van der Waals surface area (Å²) in [5.41, 5.74) is 3.24. The average Bonchev–Trinajstić information content (AvgIpc) is 3.51. The molecule has 1 heterocycles. The van der Waals surface area contributed by atoms with Crippen LogP contribution in [-0.4, -0.2) is 28.0 Å². The zero-order valence-corrected chi connectivity index (χ0v) is 27.8. The fourth-order valence-electron chi connectivity index (χ4n) is 4.08. The van der Waals surface area contributed by atoms with E-state index in [9.17, 15) is 14.4 Å². The number of aromatic nitrogens is 1. The van der Waals surface area contributed by atoms with Gasteiger partial charge in [-0.2, -0.15) is 0 Å². The minimum absolute atomic E-state index is 0.0220. The third-order valence-electron chi connectivity index (χ3n) is 6.38. The molecule has 0 spiro atoms. The molecular formula is C34H26BrClN4O3S2. The van der Waals surface area contributed by atoms with E-state index in [0.717, 1.165) is 20.6 Å². The molecule has 4 aromatic carbocycles. The van der Waals surface area contributed by atoms with Gasteiger partial charge < -0.3 is 16.0 Å². The first-order valence-corrected chi connectivity index (χ1v) is 16.6. The normalized spacial score (nSPS) is 11.8. The number of hydrogen-bond acceptors (Lipinski definition) is 6. The molecule has 45 heavy (non-hydrogen) atoms. The lowest BCUT2D eigenvalue weighted by Gasteiger charge is -2.14. The fourth-order valence-corrected chi connectivity index (χ4v) is 6.19. The first-order chi connectivity index (χ1) is 21.7. The Morgan fingerprint density at radius 3 is 2.40 bits per heavy atom. The molecule has 7 nitrogen and oxygen atoms in total. The van der Waals surface area contributed by atoms with Crippen LogP contribution >= 0.6 is 50.6 Å². The summed E-state index contributed by atoms with van der Waals surface area (Å²) in [5.74, 6) is -1.16. The molecule has 226 valence electrons. The number of hydrogen-bond donors (Lipinski definition) is 3. The molecule has 0 aliphatic rings. The van der Waals surface area contributed by atoms with E-state index in [1.165, 1.54) is 29.2 Å². The molecule has 0 saturated heterocycles. The van der Waals surface area contributed by atoms with Crippen molar-refractivity contribution in [3.05, 3.63) is 135 Å². The second kappa shape index (κ2) is 15.2. The molecule has 0 radical (unpaired) electrons. The number of thioether (sulfide) groups is 1. The number of nitrogens with zero attached hydrogens (tertiary/aromatic N) is 1. The van der Waals surface area contributed by atoms with Crippen molar-refractivity contribution in [1.29, 1.82) is 0 Å². The van der Waals surface area contributed by atoms with E-state index in [2.05, 4.69) is 36.9 Å². The van der Waals surface area contributed by atoms with Gasteiger partial charge >= 0.3 is 0 Å². The Kier molecular flexibility index (Phi) is 10.9. The molecule has 0 fully saturated rings. The van der Waals surface area contributed by atoms with E-state index in [0.29, 0.717) is 27.0 Å².